The van der Waals surface area contributed by atoms with Crippen molar-refractivity contribution in [3.05, 3.63) is 35.4 Å². The first-order chi connectivity index (χ1) is 10.4. The number of phenolic OH excluding ortho intramolecular Hbond substituents is 1. The van der Waals surface area contributed by atoms with Crippen molar-refractivity contribution in [1.82, 2.24) is 5.32 Å². The predicted octanol–water partition coefficient (Wildman–Crippen LogP) is 3.02. The molecule has 0 saturated carbocycles. The van der Waals surface area contributed by atoms with E-state index >= 15 is 0 Å². The fourth-order valence-electron chi connectivity index (χ4n) is 1.79. The van der Waals surface area contributed by atoms with E-state index in [0.717, 1.165) is 18.4 Å². The Kier molecular flexibility index (Phi) is 6.95. The van der Waals surface area contributed by atoms with Crippen molar-refractivity contribution in [2.24, 2.45) is 0 Å². The van der Waals surface area contributed by atoms with E-state index in [1.165, 1.54) is 6.07 Å². The lowest BCUT2D eigenvalue weighted by Crippen LogP contribution is -2.29. The van der Waals surface area contributed by atoms with Gasteiger partial charge < -0.3 is 20.8 Å². The zero-order chi connectivity index (χ0) is 16.5. The van der Waals surface area contributed by atoms with Crippen LogP contribution < -0.4 is 10.6 Å². The highest BCUT2D eigenvalue weighted by atomic mass is 16.4. The second-order valence-electron chi connectivity index (χ2n) is 5.09. The number of carbonyl (C=O) groups excluding carboxylic acids is 1. The molecule has 0 aromatic heterocycles. The molecule has 6 heteroatoms. The average molecular weight is 306 g/mol. The van der Waals surface area contributed by atoms with E-state index in [0.29, 0.717) is 24.2 Å². The van der Waals surface area contributed by atoms with E-state index in [1.54, 1.807) is 25.1 Å². The number of aromatic hydroxyl groups is 1. The summed E-state index contributed by atoms with van der Waals surface area (Å²) in [6.45, 7) is 3.91. The van der Waals surface area contributed by atoms with E-state index in [-0.39, 0.29) is 11.8 Å². The molecule has 120 valence electrons. The molecule has 6 nitrogen and oxygen atoms in total. The Hall–Kier alpha value is -2.50. The maximum atomic E-state index is 11.7. The SMILES string of the molecule is C/C(=C\CCCCNC(=O)Nc1cc(C)ccc1O)C(=O)O. The molecule has 0 radical (unpaired) electrons. The zero-order valence-electron chi connectivity index (χ0n) is 12.8. The molecule has 1 rings (SSSR count). The molecule has 22 heavy (non-hydrogen) atoms. The summed E-state index contributed by atoms with van der Waals surface area (Å²) < 4.78 is 0. The third kappa shape index (κ3) is 6.30. The number of urea groups is 1. The number of rotatable bonds is 7. The number of carbonyl (C=O) groups is 2. The second-order valence-corrected chi connectivity index (χ2v) is 5.09. The van der Waals surface area contributed by atoms with Crippen LogP contribution in [0.1, 0.15) is 31.7 Å². The van der Waals surface area contributed by atoms with Crippen molar-refractivity contribution in [1.29, 1.82) is 0 Å². The Balaban J connectivity index is 2.25. The minimum absolute atomic E-state index is 0.0232. The van der Waals surface area contributed by atoms with E-state index in [1.807, 2.05) is 6.92 Å². The van der Waals surface area contributed by atoms with Crippen LogP contribution in [-0.4, -0.2) is 28.8 Å². The maximum absolute atomic E-state index is 11.7. The number of nitrogens with one attached hydrogen (secondary N) is 2. The van der Waals surface area contributed by atoms with Gasteiger partial charge in [0.25, 0.3) is 0 Å². The summed E-state index contributed by atoms with van der Waals surface area (Å²) in [5, 5.41) is 23.6. The Bertz CT molecular complexity index is 567. The van der Waals surface area contributed by atoms with Crippen LogP contribution in [0, 0.1) is 6.92 Å². The van der Waals surface area contributed by atoms with Crippen LogP contribution in [0.3, 0.4) is 0 Å². The molecular weight excluding hydrogens is 284 g/mol. The number of anilines is 1. The van der Waals surface area contributed by atoms with Crippen molar-refractivity contribution in [2.75, 3.05) is 11.9 Å². The zero-order valence-corrected chi connectivity index (χ0v) is 12.8. The monoisotopic (exact) mass is 306 g/mol. The molecule has 0 bridgehead atoms. The Morgan fingerprint density at radius 2 is 2.00 bits per heavy atom. The highest BCUT2D eigenvalue weighted by molar-refractivity contribution is 5.90. The van der Waals surface area contributed by atoms with Gasteiger partial charge in [-0.05, 0) is 50.8 Å². The van der Waals surface area contributed by atoms with Crippen LogP contribution in [0.5, 0.6) is 5.75 Å². The number of carboxylic acids is 1. The summed E-state index contributed by atoms with van der Waals surface area (Å²) in [5.74, 6) is -0.884. The fourth-order valence-corrected chi connectivity index (χ4v) is 1.79. The van der Waals surface area contributed by atoms with E-state index in [4.69, 9.17) is 5.11 Å². The Labute approximate surface area is 129 Å². The van der Waals surface area contributed by atoms with Gasteiger partial charge in [0.05, 0.1) is 5.69 Å². The van der Waals surface area contributed by atoms with Gasteiger partial charge in [-0.3, -0.25) is 0 Å². The molecule has 0 aliphatic carbocycles. The van der Waals surface area contributed by atoms with Gasteiger partial charge in [0.2, 0.25) is 0 Å². The van der Waals surface area contributed by atoms with Gasteiger partial charge in [-0.1, -0.05) is 12.1 Å². The number of phenols is 1. The molecule has 0 fully saturated rings. The van der Waals surface area contributed by atoms with Gasteiger partial charge in [-0.25, -0.2) is 9.59 Å². The van der Waals surface area contributed by atoms with Crippen LogP contribution in [0.25, 0.3) is 0 Å². The van der Waals surface area contributed by atoms with Gasteiger partial charge in [-0.15, -0.1) is 0 Å². The van der Waals surface area contributed by atoms with Gasteiger partial charge in [0.15, 0.2) is 0 Å². The van der Waals surface area contributed by atoms with E-state index < -0.39 is 5.97 Å². The molecule has 1 aromatic rings. The van der Waals surface area contributed by atoms with Crippen molar-refractivity contribution in [2.45, 2.75) is 33.1 Å². The minimum atomic E-state index is -0.907. The van der Waals surface area contributed by atoms with Crippen LogP contribution in [0.2, 0.25) is 0 Å². The van der Waals surface area contributed by atoms with Crippen LogP contribution in [0.15, 0.2) is 29.8 Å². The largest absolute Gasteiger partial charge is 0.506 e. The number of carboxylic acid groups (broad SMARTS) is 1. The lowest BCUT2D eigenvalue weighted by atomic mass is 10.2. The first kappa shape index (κ1) is 17.6. The van der Waals surface area contributed by atoms with Crippen LogP contribution in [-0.2, 0) is 4.79 Å². The lowest BCUT2D eigenvalue weighted by Gasteiger charge is -2.09. The van der Waals surface area contributed by atoms with E-state index in [2.05, 4.69) is 10.6 Å². The number of hydrogen-bond donors (Lipinski definition) is 4. The number of benzene rings is 1. The van der Waals surface area contributed by atoms with Crippen LogP contribution in [0.4, 0.5) is 10.5 Å². The summed E-state index contributed by atoms with van der Waals surface area (Å²) >= 11 is 0. The molecule has 0 atom stereocenters. The summed E-state index contributed by atoms with van der Waals surface area (Å²) in [6.07, 6.45) is 3.88. The Morgan fingerprint density at radius 3 is 2.68 bits per heavy atom. The van der Waals surface area contributed by atoms with Gasteiger partial charge in [0.1, 0.15) is 5.75 Å². The predicted molar refractivity (Wildman–Crippen MR) is 85.1 cm³/mol. The summed E-state index contributed by atoms with van der Waals surface area (Å²) in [5.41, 5.74) is 1.65. The standard InChI is InChI=1S/C16H22N2O4/c1-11-7-8-14(19)13(10-11)18-16(22)17-9-5-3-4-6-12(2)15(20)21/h6-8,10,19H,3-5,9H2,1-2H3,(H,20,21)(H2,17,18,22)/b12-6+. The number of unbranched alkanes of at least 4 members (excludes halogenated alkanes) is 2. The summed E-state index contributed by atoms with van der Waals surface area (Å²) in [6, 6.07) is 4.60. The third-order valence-corrected chi connectivity index (χ3v) is 3.10. The van der Waals surface area contributed by atoms with Gasteiger partial charge in [-0.2, -0.15) is 0 Å². The summed E-state index contributed by atoms with van der Waals surface area (Å²) in [4.78, 5) is 22.3. The van der Waals surface area contributed by atoms with Crippen molar-refractivity contribution >= 4 is 17.7 Å². The van der Waals surface area contributed by atoms with Crippen LogP contribution >= 0.6 is 0 Å². The first-order valence-electron chi connectivity index (χ1n) is 7.14. The molecule has 0 aliphatic heterocycles. The lowest BCUT2D eigenvalue weighted by molar-refractivity contribution is -0.132. The molecule has 0 heterocycles. The molecular formula is C16H22N2O4. The summed E-state index contributed by atoms with van der Waals surface area (Å²) in [7, 11) is 0. The second kappa shape index (κ2) is 8.71. The number of aliphatic carboxylic acids is 1. The average Bonchev–Trinajstić information content (AvgIpc) is 2.46. The number of allylic oxidation sites excluding steroid dienone is 1. The minimum Gasteiger partial charge on any atom is -0.506 e. The van der Waals surface area contributed by atoms with Crippen molar-refractivity contribution < 1.29 is 19.8 Å². The quantitative estimate of drug-likeness (QED) is 0.353. The normalized spacial score (nSPS) is 11.1. The number of hydrogen-bond acceptors (Lipinski definition) is 3. The number of aryl methyl sites for hydroxylation is 1. The molecule has 2 amide bonds. The Morgan fingerprint density at radius 1 is 1.27 bits per heavy atom. The van der Waals surface area contributed by atoms with Crippen molar-refractivity contribution in [3.63, 3.8) is 0 Å². The highest BCUT2D eigenvalue weighted by Crippen LogP contribution is 2.23. The fraction of sp³-hybridized carbons (Fsp3) is 0.375. The van der Waals surface area contributed by atoms with Crippen molar-refractivity contribution in [3.8, 4) is 5.75 Å². The molecule has 0 aliphatic rings. The molecule has 0 unspecified atom stereocenters. The number of amides is 2. The highest BCUT2D eigenvalue weighted by Gasteiger charge is 2.05. The van der Waals surface area contributed by atoms with Gasteiger partial charge in [0, 0.05) is 12.1 Å². The van der Waals surface area contributed by atoms with Gasteiger partial charge >= 0.3 is 12.0 Å². The third-order valence-electron chi connectivity index (χ3n) is 3.10. The maximum Gasteiger partial charge on any atom is 0.330 e. The first-order valence-corrected chi connectivity index (χ1v) is 7.14. The molecule has 4 N–H and O–H groups in total. The molecule has 1 aromatic carbocycles. The smallest absolute Gasteiger partial charge is 0.330 e. The van der Waals surface area contributed by atoms with E-state index in [9.17, 15) is 14.7 Å². The molecule has 0 saturated heterocycles. The topological polar surface area (TPSA) is 98.7 Å². The molecule has 0 spiro atoms.